The third-order valence-corrected chi connectivity index (χ3v) is 3.61. The van der Waals surface area contributed by atoms with Gasteiger partial charge in [0.05, 0.1) is 25.4 Å². The molecule has 1 N–H and O–H groups in total. The molecule has 1 amide bonds. The highest BCUT2D eigenvalue weighted by atomic mass is 19.1. The van der Waals surface area contributed by atoms with Gasteiger partial charge in [0, 0.05) is 24.7 Å². The molecule has 1 fully saturated rings. The third-order valence-electron chi connectivity index (χ3n) is 3.61. The van der Waals surface area contributed by atoms with Crippen LogP contribution in [-0.2, 0) is 14.3 Å². The molecular formula is C16H21F2NO3. The van der Waals surface area contributed by atoms with Gasteiger partial charge in [-0.1, -0.05) is 6.07 Å². The number of hydrogen-bond acceptors (Lipinski definition) is 3. The lowest BCUT2D eigenvalue weighted by atomic mass is 10.1. The summed E-state index contributed by atoms with van der Waals surface area (Å²) in [7, 11) is 0. The summed E-state index contributed by atoms with van der Waals surface area (Å²) in [6.07, 6.45) is 2.37. The minimum absolute atomic E-state index is 0.135. The van der Waals surface area contributed by atoms with Gasteiger partial charge in [-0.15, -0.1) is 0 Å². The van der Waals surface area contributed by atoms with E-state index in [0.717, 1.165) is 25.5 Å². The molecule has 0 aromatic heterocycles. The molecule has 6 heteroatoms. The van der Waals surface area contributed by atoms with E-state index in [2.05, 4.69) is 5.32 Å². The molecule has 1 aromatic carbocycles. The summed E-state index contributed by atoms with van der Waals surface area (Å²) in [6, 6.07) is 2.80. The Hall–Kier alpha value is -1.53. The van der Waals surface area contributed by atoms with Crippen molar-refractivity contribution in [3.8, 4) is 0 Å². The van der Waals surface area contributed by atoms with Gasteiger partial charge in [-0.2, -0.15) is 0 Å². The smallest absolute Gasteiger partial charge is 0.222 e. The number of hydrogen-bond donors (Lipinski definition) is 1. The number of ether oxygens (including phenoxy) is 2. The van der Waals surface area contributed by atoms with Gasteiger partial charge in [0.25, 0.3) is 0 Å². The van der Waals surface area contributed by atoms with Crippen LogP contribution in [0.5, 0.6) is 0 Å². The lowest BCUT2D eigenvalue weighted by Gasteiger charge is -2.15. The Morgan fingerprint density at radius 1 is 1.50 bits per heavy atom. The maximum atomic E-state index is 13.6. The molecule has 1 saturated heterocycles. The van der Waals surface area contributed by atoms with E-state index in [-0.39, 0.29) is 24.0 Å². The van der Waals surface area contributed by atoms with E-state index < -0.39 is 17.7 Å². The lowest BCUT2D eigenvalue weighted by Crippen LogP contribution is -2.28. The van der Waals surface area contributed by atoms with Crippen LogP contribution in [0.3, 0.4) is 0 Å². The number of nitrogens with one attached hydrogen (secondary N) is 1. The molecule has 22 heavy (non-hydrogen) atoms. The van der Waals surface area contributed by atoms with Crippen molar-refractivity contribution in [2.75, 3.05) is 19.8 Å². The van der Waals surface area contributed by atoms with Crippen LogP contribution in [0.1, 0.15) is 37.8 Å². The van der Waals surface area contributed by atoms with Crippen molar-refractivity contribution in [3.05, 3.63) is 35.4 Å². The first-order chi connectivity index (χ1) is 10.6. The number of carbonyl (C=O) groups is 1. The van der Waals surface area contributed by atoms with Crippen LogP contribution in [0.25, 0.3) is 0 Å². The zero-order valence-corrected chi connectivity index (χ0v) is 12.6. The first kappa shape index (κ1) is 16.8. The topological polar surface area (TPSA) is 47.6 Å². The number of halogens is 2. The Labute approximate surface area is 128 Å². The van der Waals surface area contributed by atoms with Gasteiger partial charge in [-0.25, -0.2) is 8.78 Å². The predicted octanol–water partition coefficient (Wildman–Crippen LogP) is 2.73. The van der Waals surface area contributed by atoms with E-state index in [0.29, 0.717) is 13.2 Å². The fourth-order valence-electron chi connectivity index (χ4n) is 2.40. The summed E-state index contributed by atoms with van der Waals surface area (Å²) in [5.41, 5.74) is 0.259. The molecule has 1 aliphatic heterocycles. The second kappa shape index (κ2) is 8.19. The highest BCUT2D eigenvalue weighted by molar-refractivity contribution is 5.76. The van der Waals surface area contributed by atoms with E-state index in [4.69, 9.17) is 9.47 Å². The van der Waals surface area contributed by atoms with Crippen LogP contribution in [0.2, 0.25) is 0 Å². The standard InChI is InChI=1S/C16H21F2NO3/c1-11(14-5-4-12(17)9-15(14)18)19-16(20)6-8-21-10-13-3-2-7-22-13/h4-5,9,11,13H,2-3,6-8,10H2,1H3,(H,19,20). The maximum absolute atomic E-state index is 13.6. The zero-order chi connectivity index (χ0) is 15.9. The van der Waals surface area contributed by atoms with Gasteiger partial charge in [0.1, 0.15) is 11.6 Å². The Morgan fingerprint density at radius 2 is 2.32 bits per heavy atom. The van der Waals surface area contributed by atoms with E-state index >= 15 is 0 Å². The molecule has 1 heterocycles. The molecule has 2 atom stereocenters. The quantitative estimate of drug-likeness (QED) is 0.787. The van der Waals surface area contributed by atoms with Gasteiger partial charge in [-0.05, 0) is 25.8 Å². The second-order valence-corrected chi connectivity index (χ2v) is 5.41. The molecule has 2 rings (SSSR count). The minimum atomic E-state index is -0.664. The van der Waals surface area contributed by atoms with E-state index in [1.807, 2.05) is 0 Å². The van der Waals surface area contributed by atoms with Gasteiger partial charge < -0.3 is 14.8 Å². The first-order valence-electron chi connectivity index (χ1n) is 7.50. The Kier molecular flexibility index (Phi) is 6.27. The molecule has 122 valence electrons. The zero-order valence-electron chi connectivity index (χ0n) is 12.6. The Balaban J connectivity index is 1.69. The first-order valence-corrected chi connectivity index (χ1v) is 7.50. The molecular weight excluding hydrogens is 292 g/mol. The van der Waals surface area contributed by atoms with Gasteiger partial charge in [-0.3, -0.25) is 4.79 Å². The predicted molar refractivity (Wildman–Crippen MR) is 77.3 cm³/mol. The molecule has 0 aliphatic carbocycles. The molecule has 0 radical (unpaired) electrons. The van der Waals surface area contributed by atoms with E-state index in [1.165, 1.54) is 12.1 Å². The van der Waals surface area contributed by atoms with Crippen molar-refractivity contribution in [3.63, 3.8) is 0 Å². The van der Waals surface area contributed by atoms with Crippen molar-refractivity contribution < 1.29 is 23.0 Å². The molecule has 2 unspecified atom stereocenters. The summed E-state index contributed by atoms with van der Waals surface area (Å²) < 4.78 is 37.3. The van der Waals surface area contributed by atoms with Crippen LogP contribution in [0.4, 0.5) is 8.78 Å². The number of benzene rings is 1. The van der Waals surface area contributed by atoms with Gasteiger partial charge in [0.15, 0.2) is 0 Å². The van der Waals surface area contributed by atoms with Crippen molar-refractivity contribution in [2.24, 2.45) is 0 Å². The Morgan fingerprint density at radius 3 is 3.00 bits per heavy atom. The SMILES string of the molecule is CC(NC(=O)CCOCC1CCCO1)c1ccc(F)cc1F. The average Bonchev–Trinajstić information content (AvgIpc) is 2.96. The van der Waals surface area contributed by atoms with E-state index in [1.54, 1.807) is 6.92 Å². The average molecular weight is 313 g/mol. The van der Waals surface area contributed by atoms with Crippen molar-refractivity contribution in [1.82, 2.24) is 5.32 Å². The van der Waals surface area contributed by atoms with Crippen LogP contribution >= 0.6 is 0 Å². The highest BCUT2D eigenvalue weighted by Crippen LogP contribution is 2.17. The Bertz CT molecular complexity index is 504. The minimum Gasteiger partial charge on any atom is -0.378 e. The summed E-state index contributed by atoms with van der Waals surface area (Å²) >= 11 is 0. The molecule has 0 saturated carbocycles. The summed E-state index contributed by atoms with van der Waals surface area (Å²) in [6.45, 7) is 3.22. The second-order valence-electron chi connectivity index (χ2n) is 5.41. The summed E-state index contributed by atoms with van der Waals surface area (Å²) in [5.74, 6) is -1.53. The number of rotatable bonds is 7. The van der Waals surface area contributed by atoms with Crippen molar-refractivity contribution in [2.45, 2.75) is 38.3 Å². The monoisotopic (exact) mass is 313 g/mol. The van der Waals surface area contributed by atoms with Crippen LogP contribution in [0.15, 0.2) is 18.2 Å². The fourth-order valence-corrected chi connectivity index (χ4v) is 2.40. The number of carbonyl (C=O) groups excluding carboxylic acids is 1. The maximum Gasteiger partial charge on any atom is 0.222 e. The highest BCUT2D eigenvalue weighted by Gasteiger charge is 2.16. The third kappa shape index (κ3) is 5.03. The lowest BCUT2D eigenvalue weighted by molar-refractivity contribution is -0.123. The normalized spacial score (nSPS) is 19.1. The van der Waals surface area contributed by atoms with Crippen molar-refractivity contribution in [1.29, 1.82) is 0 Å². The van der Waals surface area contributed by atoms with Crippen molar-refractivity contribution >= 4 is 5.91 Å². The summed E-state index contributed by atoms with van der Waals surface area (Å²) in [5, 5.41) is 2.67. The van der Waals surface area contributed by atoms with Gasteiger partial charge in [0.2, 0.25) is 5.91 Å². The van der Waals surface area contributed by atoms with Gasteiger partial charge >= 0.3 is 0 Å². The molecule has 1 aliphatic rings. The van der Waals surface area contributed by atoms with Crippen LogP contribution in [0, 0.1) is 11.6 Å². The number of amides is 1. The van der Waals surface area contributed by atoms with Crippen LogP contribution < -0.4 is 5.32 Å². The largest absolute Gasteiger partial charge is 0.378 e. The summed E-state index contributed by atoms with van der Waals surface area (Å²) in [4.78, 5) is 11.8. The molecule has 1 aromatic rings. The van der Waals surface area contributed by atoms with E-state index in [9.17, 15) is 13.6 Å². The fraction of sp³-hybridized carbons (Fsp3) is 0.562. The van der Waals surface area contributed by atoms with Crippen LogP contribution in [-0.4, -0.2) is 31.8 Å². The molecule has 0 spiro atoms. The molecule has 4 nitrogen and oxygen atoms in total. The molecule has 0 bridgehead atoms.